The van der Waals surface area contributed by atoms with Crippen LogP contribution in [0.25, 0.3) is 0 Å². The van der Waals surface area contributed by atoms with Crippen LogP contribution in [0.1, 0.15) is 36.8 Å². The topological polar surface area (TPSA) is 60.1 Å². The van der Waals surface area contributed by atoms with Crippen LogP contribution in [0.4, 0.5) is 0 Å². The second-order valence-electron chi connectivity index (χ2n) is 4.66. The summed E-state index contributed by atoms with van der Waals surface area (Å²) in [4.78, 5) is 11.0. The van der Waals surface area contributed by atoms with Crippen molar-refractivity contribution in [2.45, 2.75) is 40.2 Å². The van der Waals surface area contributed by atoms with Crippen LogP contribution in [0.5, 0.6) is 0 Å². The van der Waals surface area contributed by atoms with Gasteiger partial charge in [-0.25, -0.2) is 0 Å². The molecule has 0 radical (unpaired) electrons. The van der Waals surface area contributed by atoms with Crippen molar-refractivity contribution in [2.75, 3.05) is 13.1 Å². The summed E-state index contributed by atoms with van der Waals surface area (Å²) in [5.41, 5.74) is 9.10. The molecule has 1 heterocycles. The Kier molecular flexibility index (Phi) is 4.75. The summed E-state index contributed by atoms with van der Waals surface area (Å²) >= 11 is 0. The number of aromatic nitrogens is 1. The minimum Gasteiger partial charge on any atom is -0.355 e. The van der Waals surface area contributed by atoms with E-state index in [0.717, 1.165) is 6.42 Å². The predicted molar refractivity (Wildman–Crippen MR) is 70.1 cm³/mol. The van der Waals surface area contributed by atoms with Crippen LogP contribution in [0, 0.1) is 13.8 Å². The van der Waals surface area contributed by atoms with E-state index in [2.05, 4.69) is 43.6 Å². The third-order valence-electron chi connectivity index (χ3n) is 3.01. The maximum Gasteiger partial charge on any atom is 0.233 e. The molecule has 1 amide bonds. The molecule has 1 aromatic heterocycles. The fourth-order valence-corrected chi connectivity index (χ4v) is 2.30. The van der Waals surface area contributed by atoms with Gasteiger partial charge in [0.15, 0.2) is 0 Å². The Hall–Kier alpha value is -1.29. The quantitative estimate of drug-likeness (QED) is 0.811. The molecule has 0 aromatic carbocycles. The largest absolute Gasteiger partial charge is 0.355 e. The lowest BCUT2D eigenvalue weighted by Crippen LogP contribution is -2.31. The number of nitrogens with two attached hydrogens (primary N) is 1. The van der Waals surface area contributed by atoms with Gasteiger partial charge in [-0.1, -0.05) is 0 Å². The number of nitrogens with zero attached hydrogens (tertiary/aromatic N) is 1. The van der Waals surface area contributed by atoms with Crippen LogP contribution >= 0.6 is 0 Å². The average molecular weight is 237 g/mol. The SMILES string of the molecule is Cc1cc(CCNC(=O)CN)c(C)n1C(C)C. The fourth-order valence-electron chi connectivity index (χ4n) is 2.30. The van der Waals surface area contributed by atoms with E-state index in [0.29, 0.717) is 12.6 Å². The van der Waals surface area contributed by atoms with E-state index in [4.69, 9.17) is 5.73 Å². The third-order valence-corrected chi connectivity index (χ3v) is 3.01. The number of carbonyl (C=O) groups is 1. The zero-order valence-corrected chi connectivity index (χ0v) is 11.2. The van der Waals surface area contributed by atoms with Crippen molar-refractivity contribution in [1.29, 1.82) is 0 Å². The second-order valence-corrected chi connectivity index (χ2v) is 4.66. The number of hydrogen-bond acceptors (Lipinski definition) is 2. The first-order valence-corrected chi connectivity index (χ1v) is 6.11. The molecule has 1 rings (SSSR count). The summed E-state index contributed by atoms with van der Waals surface area (Å²) in [6.07, 6.45) is 0.859. The average Bonchev–Trinajstić information content (AvgIpc) is 2.53. The zero-order valence-electron chi connectivity index (χ0n) is 11.2. The molecule has 17 heavy (non-hydrogen) atoms. The van der Waals surface area contributed by atoms with Gasteiger partial charge in [-0.3, -0.25) is 4.79 Å². The van der Waals surface area contributed by atoms with Crippen LogP contribution in [0.3, 0.4) is 0 Å². The molecular weight excluding hydrogens is 214 g/mol. The first-order chi connectivity index (χ1) is 7.97. The smallest absolute Gasteiger partial charge is 0.233 e. The summed E-state index contributed by atoms with van der Waals surface area (Å²) in [6.45, 7) is 9.32. The minimum atomic E-state index is -0.0948. The molecular formula is C13H23N3O. The minimum absolute atomic E-state index is 0.0605. The van der Waals surface area contributed by atoms with E-state index >= 15 is 0 Å². The molecule has 96 valence electrons. The van der Waals surface area contributed by atoms with Crippen LogP contribution in [0.2, 0.25) is 0 Å². The van der Waals surface area contributed by atoms with Crippen molar-refractivity contribution >= 4 is 5.91 Å². The Bertz CT molecular complexity index is 394. The van der Waals surface area contributed by atoms with E-state index in [1.54, 1.807) is 0 Å². The van der Waals surface area contributed by atoms with Gasteiger partial charge in [-0.15, -0.1) is 0 Å². The molecule has 4 nitrogen and oxygen atoms in total. The Balaban J connectivity index is 2.67. The highest BCUT2D eigenvalue weighted by atomic mass is 16.1. The van der Waals surface area contributed by atoms with E-state index in [1.807, 2.05) is 0 Å². The van der Waals surface area contributed by atoms with Crippen LogP contribution < -0.4 is 11.1 Å². The monoisotopic (exact) mass is 237 g/mol. The first-order valence-electron chi connectivity index (χ1n) is 6.11. The number of rotatable bonds is 5. The van der Waals surface area contributed by atoms with Gasteiger partial charge in [0.05, 0.1) is 6.54 Å². The molecule has 0 bridgehead atoms. The maximum absolute atomic E-state index is 11.0. The van der Waals surface area contributed by atoms with Crippen molar-refractivity contribution in [3.05, 3.63) is 23.0 Å². The van der Waals surface area contributed by atoms with Crippen LogP contribution in [-0.2, 0) is 11.2 Å². The Morgan fingerprint density at radius 1 is 1.47 bits per heavy atom. The van der Waals surface area contributed by atoms with Gasteiger partial charge in [-0.05, 0) is 45.7 Å². The van der Waals surface area contributed by atoms with Gasteiger partial charge in [0.25, 0.3) is 0 Å². The number of hydrogen-bond donors (Lipinski definition) is 2. The van der Waals surface area contributed by atoms with Gasteiger partial charge in [0.2, 0.25) is 5.91 Å². The molecule has 4 heteroatoms. The molecule has 0 unspecified atom stereocenters. The lowest BCUT2D eigenvalue weighted by atomic mass is 10.2. The number of carbonyl (C=O) groups excluding carboxylic acids is 1. The molecule has 0 atom stereocenters. The van der Waals surface area contributed by atoms with Crippen LogP contribution in [0.15, 0.2) is 6.07 Å². The summed E-state index contributed by atoms with van der Waals surface area (Å²) < 4.78 is 2.32. The maximum atomic E-state index is 11.0. The molecule has 0 spiro atoms. The highest BCUT2D eigenvalue weighted by Gasteiger charge is 2.11. The lowest BCUT2D eigenvalue weighted by molar-refractivity contribution is -0.119. The number of nitrogens with one attached hydrogen (secondary N) is 1. The van der Waals surface area contributed by atoms with Gasteiger partial charge >= 0.3 is 0 Å². The summed E-state index contributed by atoms with van der Waals surface area (Å²) in [5, 5.41) is 2.79. The van der Waals surface area contributed by atoms with Gasteiger partial charge in [0.1, 0.15) is 0 Å². The molecule has 1 aromatic rings. The highest BCUT2D eigenvalue weighted by Crippen LogP contribution is 2.20. The predicted octanol–water partition coefficient (Wildman–Crippen LogP) is 1.30. The summed E-state index contributed by atoms with van der Waals surface area (Å²) in [6, 6.07) is 2.67. The standard InChI is InChI=1S/C13H23N3O/c1-9(2)16-10(3)7-12(11(16)4)5-6-15-13(17)8-14/h7,9H,5-6,8,14H2,1-4H3,(H,15,17). The molecule has 0 aliphatic carbocycles. The van der Waals surface area contributed by atoms with E-state index in [9.17, 15) is 4.79 Å². The molecule has 3 N–H and O–H groups in total. The fraction of sp³-hybridized carbons (Fsp3) is 0.615. The Labute approximate surface area is 103 Å². The van der Waals surface area contributed by atoms with Gasteiger partial charge in [-0.2, -0.15) is 0 Å². The lowest BCUT2D eigenvalue weighted by Gasteiger charge is -2.13. The summed E-state index contributed by atoms with van der Waals surface area (Å²) in [7, 11) is 0. The number of amides is 1. The van der Waals surface area contributed by atoms with E-state index in [1.165, 1.54) is 17.0 Å². The zero-order chi connectivity index (χ0) is 13.0. The normalized spacial score (nSPS) is 10.9. The molecule has 0 saturated carbocycles. The molecule has 0 fully saturated rings. The molecule has 0 saturated heterocycles. The Morgan fingerprint density at radius 2 is 2.12 bits per heavy atom. The first kappa shape index (κ1) is 13.8. The van der Waals surface area contributed by atoms with Crippen molar-refractivity contribution in [2.24, 2.45) is 5.73 Å². The van der Waals surface area contributed by atoms with E-state index < -0.39 is 0 Å². The third kappa shape index (κ3) is 3.33. The van der Waals surface area contributed by atoms with Crippen molar-refractivity contribution in [1.82, 2.24) is 9.88 Å². The van der Waals surface area contributed by atoms with Crippen molar-refractivity contribution < 1.29 is 4.79 Å². The molecule has 0 aliphatic rings. The summed E-state index contributed by atoms with van der Waals surface area (Å²) in [5.74, 6) is -0.0948. The molecule has 0 aliphatic heterocycles. The van der Waals surface area contributed by atoms with Gasteiger partial charge < -0.3 is 15.6 Å². The van der Waals surface area contributed by atoms with Gasteiger partial charge in [0, 0.05) is 24.0 Å². The van der Waals surface area contributed by atoms with Crippen LogP contribution in [-0.4, -0.2) is 23.6 Å². The highest BCUT2D eigenvalue weighted by molar-refractivity contribution is 5.77. The van der Waals surface area contributed by atoms with Crippen molar-refractivity contribution in [3.8, 4) is 0 Å². The second kappa shape index (κ2) is 5.87. The number of aryl methyl sites for hydroxylation is 1. The Morgan fingerprint density at radius 3 is 2.59 bits per heavy atom. The van der Waals surface area contributed by atoms with Crippen molar-refractivity contribution in [3.63, 3.8) is 0 Å². The van der Waals surface area contributed by atoms with E-state index in [-0.39, 0.29) is 12.5 Å².